The highest BCUT2D eigenvalue weighted by atomic mass is 35.5. The molecule has 0 aliphatic rings. The summed E-state index contributed by atoms with van der Waals surface area (Å²) in [6.45, 7) is 0. The zero-order chi connectivity index (χ0) is 6.78. The molecular formula is C3HCl2F3. The lowest BCUT2D eigenvalue weighted by molar-refractivity contribution is 0.110. The fourth-order valence-corrected chi connectivity index (χ4v) is 0.309. The van der Waals surface area contributed by atoms with Gasteiger partial charge in [-0.05, 0) is 11.6 Å². The van der Waals surface area contributed by atoms with Gasteiger partial charge < -0.3 is 0 Å². The molecule has 0 aromatic heterocycles. The lowest BCUT2D eigenvalue weighted by atomic mass is 10.6. The van der Waals surface area contributed by atoms with Gasteiger partial charge in [-0.2, -0.15) is 8.78 Å². The van der Waals surface area contributed by atoms with Crippen molar-refractivity contribution in [3.8, 4) is 0 Å². The van der Waals surface area contributed by atoms with Gasteiger partial charge in [0.2, 0.25) is 0 Å². The molecule has 0 atom stereocenters. The van der Waals surface area contributed by atoms with E-state index in [9.17, 15) is 13.2 Å². The summed E-state index contributed by atoms with van der Waals surface area (Å²) in [6.07, 6.45) is 0. The van der Waals surface area contributed by atoms with Gasteiger partial charge in [0, 0.05) is 5.54 Å². The zero-order valence-corrected chi connectivity index (χ0v) is 4.98. The molecule has 8 heavy (non-hydrogen) atoms. The van der Waals surface area contributed by atoms with Gasteiger partial charge in [-0.15, -0.1) is 0 Å². The summed E-state index contributed by atoms with van der Waals surface area (Å²) in [4.78, 5) is 0. The largest absolute Gasteiger partial charge is 0.374 e. The highest BCUT2D eigenvalue weighted by Gasteiger charge is 2.31. The van der Waals surface area contributed by atoms with Crippen LogP contribution in [-0.4, -0.2) is 5.38 Å². The summed E-state index contributed by atoms with van der Waals surface area (Å²) in [6, 6.07) is 0. The quantitative estimate of drug-likeness (QED) is 0.524. The third-order valence-corrected chi connectivity index (χ3v) is 0.739. The van der Waals surface area contributed by atoms with Crippen LogP contribution in [0.5, 0.6) is 0 Å². The van der Waals surface area contributed by atoms with Crippen LogP contribution < -0.4 is 0 Å². The molecule has 0 radical (unpaired) electrons. The summed E-state index contributed by atoms with van der Waals surface area (Å²) in [5.74, 6) is -1.85. The number of alkyl halides is 3. The van der Waals surface area contributed by atoms with Crippen molar-refractivity contribution in [1.82, 2.24) is 0 Å². The van der Waals surface area contributed by atoms with Gasteiger partial charge in [0.1, 0.15) is 0 Å². The number of rotatable bonds is 1. The maximum absolute atomic E-state index is 11.5. The predicted octanol–water partition coefficient (Wildman–Crippen LogP) is 2.87. The summed E-state index contributed by atoms with van der Waals surface area (Å²) < 4.78 is 34.2. The van der Waals surface area contributed by atoms with E-state index < -0.39 is 11.2 Å². The molecule has 0 aliphatic carbocycles. The van der Waals surface area contributed by atoms with Gasteiger partial charge in [0.15, 0.2) is 5.83 Å². The van der Waals surface area contributed by atoms with Crippen LogP contribution in [0.25, 0.3) is 0 Å². The molecule has 0 aliphatic heterocycles. The average molecular weight is 165 g/mol. The molecule has 0 bridgehead atoms. The van der Waals surface area contributed by atoms with Crippen molar-refractivity contribution in [1.29, 1.82) is 0 Å². The molecule has 0 saturated heterocycles. The molecule has 0 heterocycles. The molecule has 0 aromatic rings. The third-order valence-electron chi connectivity index (χ3n) is 0.367. The molecule has 0 spiro atoms. The van der Waals surface area contributed by atoms with E-state index >= 15 is 0 Å². The van der Waals surface area contributed by atoms with Crippen LogP contribution in [0.2, 0.25) is 0 Å². The van der Waals surface area contributed by atoms with Gasteiger partial charge in [-0.25, -0.2) is 4.39 Å². The maximum atomic E-state index is 11.5. The molecule has 0 fully saturated rings. The first-order chi connectivity index (χ1) is 3.48. The molecule has 0 nitrogen and oxygen atoms in total. The van der Waals surface area contributed by atoms with E-state index in [1.54, 1.807) is 0 Å². The van der Waals surface area contributed by atoms with Crippen LogP contribution in [0.1, 0.15) is 0 Å². The number of halogens is 5. The molecular weight excluding hydrogens is 164 g/mol. The Bertz CT molecular complexity index is 104. The summed E-state index contributed by atoms with van der Waals surface area (Å²) in [7, 11) is 0. The minimum Gasteiger partial charge on any atom is -0.203 e. The van der Waals surface area contributed by atoms with Crippen molar-refractivity contribution in [2.45, 2.75) is 5.38 Å². The van der Waals surface area contributed by atoms with Gasteiger partial charge in [0.05, 0.1) is 0 Å². The van der Waals surface area contributed by atoms with E-state index in [4.69, 9.17) is 0 Å². The molecule has 0 rings (SSSR count). The highest BCUT2D eigenvalue weighted by molar-refractivity contribution is 6.28. The third kappa shape index (κ3) is 2.43. The summed E-state index contributed by atoms with van der Waals surface area (Å²) in [5, 5.41) is -3.96. The van der Waals surface area contributed by atoms with Gasteiger partial charge in [-0.3, -0.25) is 0 Å². The fourth-order valence-electron chi connectivity index (χ4n) is 0.0619. The SMILES string of the molecule is F/C(=C/Cl)C(F)(F)Cl. The first kappa shape index (κ1) is 8.11. The van der Waals surface area contributed by atoms with E-state index in [0.717, 1.165) is 0 Å². The normalized spacial score (nSPS) is 14.4. The molecule has 0 N–H and O–H groups in total. The van der Waals surface area contributed by atoms with Gasteiger partial charge >= 0.3 is 5.38 Å². The Hall–Kier alpha value is 0.110. The van der Waals surface area contributed by atoms with E-state index in [-0.39, 0.29) is 5.54 Å². The summed E-state index contributed by atoms with van der Waals surface area (Å²) in [5.41, 5.74) is 0.0903. The van der Waals surface area contributed by atoms with Crippen molar-refractivity contribution < 1.29 is 13.2 Å². The molecule has 0 saturated carbocycles. The van der Waals surface area contributed by atoms with Crippen LogP contribution in [-0.2, 0) is 0 Å². The Kier molecular flexibility index (Phi) is 2.63. The Labute approximate surface area is 53.9 Å². The second kappa shape index (κ2) is 2.60. The van der Waals surface area contributed by atoms with Gasteiger partial charge in [0.25, 0.3) is 0 Å². The lowest BCUT2D eigenvalue weighted by Gasteiger charge is -2.00. The van der Waals surface area contributed by atoms with Crippen molar-refractivity contribution in [2.75, 3.05) is 0 Å². The molecule has 0 unspecified atom stereocenters. The number of hydrogen-bond acceptors (Lipinski definition) is 0. The predicted molar refractivity (Wildman–Crippen MR) is 25.8 cm³/mol. The smallest absolute Gasteiger partial charge is 0.203 e. The molecule has 0 amide bonds. The lowest BCUT2D eigenvalue weighted by Crippen LogP contribution is -2.04. The molecule has 48 valence electrons. The van der Waals surface area contributed by atoms with E-state index in [1.807, 2.05) is 0 Å². The average Bonchev–Trinajstić information content (AvgIpc) is 1.62. The van der Waals surface area contributed by atoms with Gasteiger partial charge in [-0.1, -0.05) is 11.6 Å². The second-order valence-corrected chi connectivity index (χ2v) is 1.65. The van der Waals surface area contributed by atoms with E-state index in [0.29, 0.717) is 0 Å². The van der Waals surface area contributed by atoms with Crippen molar-refractivity contribution in [2.24, 2.45) is 0 Å². The van der Waals surface area contributed by atoms with Crippen LogP contribution >= 0.6 is 23.2 Å². The minimum atomic E-state index is -3.96. The summed E-state index contributed by atoms with van der Waals surface area (Å²) >= 11 is 8.66. The fraction of sp³-hybridized carbons (Fsp3) is 0.333. The van der Waals surface area contributed by atoms with Crippen LogP contribution in [0, 0.1) is 0 Å². The van der Waals surface area contributed by atoms with Crippen LogP contribution in [0.15, 0.2) is 11.4 Å². The standard InChI is InChI=1S/C3HCl2F3/c4-1-2(6)3(5,7)8/h1H/b2-1+. The Morgan fingerprint density at radius 2 is 1.88 bits per heavy atom. The second-order valence-electron chi connectivity index (χ2n) is 0.955. The van der Waals surface area contributed by atoms with Crippen LogP contribution in [0.3, 0.4) is 0 Å². The topological polar surface area (TPSA) is 0 Å². The Morgan fingerprint density at radius 1 is 1.50 bits per heavy atom. The number of allylic oxidation sites excluding steroid dienone is 1. The first-order valence-electron chi connectivity index (χ1n) is 1.51. The molecule has 0 aromatic carbocycles. The molecule has 5 heteroatoms. The van der Waals surface area contributed by atoms with Crippen molar-refractivity contribution in [3.63, 3.8) is 0 Å². The highest BCUT2D eigenvalue weighted by Crippen LogP contribution is 2.29. The van der Waals surface area contributed by atoms with E-state index in [2.05, 4.69) is 23.2 Å². The van der Waals surface area contributed by atoms with Crippen LogP contribution in [0.4, 0.5) is 13.2 Å². The Balaban J connectivity index is 4.03. The number of hydrogen-bond donors (Lipinski definition) is 0. The van der Waals surface area contributed by atoms with E-state index in [1.165, 1.54) is 0 Å². The zero-order valence-electron chi connectivity index (χ0n) is 3.47. The first-order valence-corrected chi connectivity index (χ1v) is 2.33. The van der Waals surface area contributed by atoms with Crippen molar-refractivity contribution in [3.05, 3.63) is 11.4 Å². The maximum Gasteiger partial charge on any atom is 0.374 e. The Morgan fingerprint density at radius 3 is 1.88 bits per heavy atom. The minimum absolute atomic E-state index is 0.0903. The van der Waals surface area contributed by atoms with Crippen molar-refractivity contribution >= 4 is 23.2 Å². The monoisotopic (exact) mass is 164 g/mol.